The Bertz CT molecular complexity index is 689. The molecule has 0 spiro atoms. The minimum Gasteiger partial charge on any atom is -0.481 e. The van der Waals surface area contributed by atoms with Crippen molar-refractivity contribution in [2.24, 2.45) is 11.3 Å². The van der Waals surface area contributed by atoms with E-state index in [9.17, 15) is 9.90 Å². The fourth-order valence-electron chi connectivity index (χ4n) is 3.04. The van der Waals surface area contributed by atoms with Gasteiger partial charge in [-0.1, -0.05) is 13.8 Å². The third-order valence-electron chi connectivity index (χ3n) is 4.08. The molecule has 2 unspecified atom stereocenters. The fraction of sp³-hybridized carbons (Fsp3) is 0.538. The molecule has 1 aliphatic rings. The minimum atomic E-state index is -0.774. The van der Waals surface area contributed by atoms with Gasteiger partial charge in [-0.2, -0.15) is 0 Å². The van der Waals surface area contributed by atoms with Crippen LogP contribution in [0.5, 0.6) is 0 Å². The number of hydrogen-bond donors (Lipinski definition) is 1. The van der Waals surface area contributed by atoms with Crippen LogP contribution in [0.4, 0.5) is 0 Å². The van der Waals surface area contributed by atoms with Crippen LogP contribution in [0.25, 0.3) is 5.65 Å². The first-order chi connectivity index (χ1) is 8.84. The Morgan fingerprint density at radius 2 is 2.05 bits per heavy atom. The van der Waals surface area contributed by atoms with Crippen molar-refractivity contribution >= 4 is 11.6 Å². The number of hydrogen-bond acceptors (Lipinski definition) is 4. The van der Waals surface area contributed by atoms with Crippen molar-refractivity contribution in [1.82, 2.24) is 19.6 Å². The van der Waals surface area contributed by atoms with E-state index in [1.165, 1.54) is 0 Å². The van der Waals surface area contributed by atoms with Crippen molar-refractivity contribution in [1.29, 1.82) is 0 Å². The molecule has 1 N–H and O–H groups in total. The molecule has 1 fully saturated rings. The average molecular weight is 260 g/mol. The van der Waals surface area contributed by atoms with E-state index in [-0.39, 0.29) is 11.3 Å². The van der Waals surface area contributed by atoms with Crippen LogP contribution < -0.4 is 0 Å². The third kappa shape index (κ3) is 1.55. The Hall–Kier alpha value is -1.98. The van der Waals surface area contributed by atoms with E-state index in [0.29, 0.717) is 5.82 Å². The van der Waals surface area contributed by atoms with Crippen molar-refractivity contribution in [2.45, 2.75) is 33.6 Å². The van der Waals surface area contributed by atoms with E-state index in [0.717, 1.165) is 17.2 Å². The molecule has 0 aliphatic heterocycles. The summed E-state index contributed by atoms with van der Waals surface area (Å²) in [7, 11) is 0. The van der Waals surface area contributed by atoms with Gasteiger partial charge in [0.05, 0.1) is 5.92 Å². The van der Waals surface area contributed by atoms with Gasteiger partial charge in [0.25, 0.3) is 0 Å². The molecule has 3 rings (SSSR count). The second kappa shape index (κ2) is 3.53. The highest BCUT2D eigenvalue weighted by molar-refractivity contribution is 5.77. The molecule has 2 aromatic heterocycles. The molecule has 2 atom stereocenters. The first-order valence-corrected chi connectivity index (χ1v) is 6.26. The first kappa shape index (κ1) is 12.1. The number of aryl methyl sites for hydroxylation is 2. The molecular formula is C13H16N4O2. The van der Waals surface area contributed by atoms with Crippen LogP contribution >= 0.6 is 0 Å². The summed E-state index contributed by atoms with van der Waals surface area (Å²) >= 11 is 0. The van der Waals surface area contributed by atoms with Gasteiger partial charge in [-0.3, -0.25) is 9.20 Å². The molecule has 1 aliphatic carbocycles. The topological polar surface area (TPSA) is 80.4 Å². The van der Waals surface area contributed by atoms with E-state index in [1.54, 1.807) is 0 Å². The van der Waals surface area contributed by atoms with Crippen LogP contribution in [-0.4, -0.2) is 30.7 Å². The molecule has 6 nitrogen and oxygen atoms in total. The lowest BCUT2D eigenvalue weighted by Gasteiger charge is -2.04. The molecular weight excluding hydrogens is 244 g/mol. The van der Waals surface area contributed by atoms with E-state index >= 15 is 0 Å². The minimum absolute atomic E-state index is 0.108. The van der Waals surface area contributed by atoms with E-state index in [2.05, 4.69) is 15.2 Å². The van der Waals surface area contributed by atoms with E-state index in [4.69, 9.17) is 0 Å². The highest BCUT2D eigenvalue weighted by Gasteiger charge is 2.64. The van der Waals surface area contributed by atoms with Crippen molar-refractivity contribution < 1.29 is 9.90 Å². The zero-order valence-corrected chi connectivity index (χ0v) is 11.4. The Kier molecular flexibility index (Phi) is 2.24. The molecule has 2 aromatic rings. The van der Waals surface area contributed by atoms with Crippen molar-refractivity contribution in [3.63, 3.8) is 0 Å². The van der Waals surface area contributed by atoms with Crippen LogP contribution in [0.2, 0.25) is 0 Å². The standard InChI is InChI=1S/C13H16N4O2/c1-6-5-8-15-16-11(17(8)7(2)14-6)9-10(12(18)19)13(9,3)4/h5,9-10H,1-4H3,(H,18,19). The summed E-state index contributed by atoms with van der Waals surface area (Å²) in [5.74, 6) is 0.215. The van der Waals surface area contributed by atoms with Crippen molar-refractivity contribution in [3.8, 4) is 0 Å². The second-order valence-corrected chi connectivity index (χ2v) is 5.81. The number of carbonyl (C=O) groups is 1. The maximum atomic E-state index is 11.3. The van der Waals surface area contributed by atoms with Gasteiger partial charge >= 0.3 is 5.97 Å². The van der Waals surface area contributed by atoms with E-state index in [1.807, 2.05) is 38.2 Å². The van der Waals surface area contributed by atoms with Crippen LogP contribution in [0.15, 0.2) is 6.07 Å². The zero-order valence-electron chi connectivity index (χ0n) is 11.4. The maximum absolute atomic E-state index is 11.3. The van der Waals surface area contributed by atoms with E-state index < -0.39 is 11.9 Å². The molecule has 0 radical (unpaired) electrons. The molecule has 0 amide bonds. The molecule has 19 heavy (non-hydrogen) atoms. The van der Waals surface area contributed by atoms with Crippen LogP contribution in [0, 0.1) is 25.2 Å². The van der Waals surface area contributed by atoms with Gasteiger partial charge < -0.3 is 5.11 Å². The first-order valence-electron chi connectivity index (χ1n) is 6.26. The molecule has 0 aromatic carbocycles. The molecule has 1 saturated carbocycles. The second-order valence-electron chi connectivity index (χ2n) is 5.81. The Morgan fingerprint density at radius 1 is 1.37 bits per heavy atom. The van der Waals surface area contributed by atoms with Gasteiger partial charge in [-0.05, 0) is 19.3 Å². The summed E-state index contributed by atoms with van der Waals surface area (Å²) in [5.41, 5.74) is 1.33. The van der Waals surface area contributed by atoms with Crippen LogP contribution in [0.3, 0.4) is 0 Å². The Labute approximate surface area is 110 Å². The van der Waals surface area contributed by atoms with Crippen molar-refractivity contribution in [3.05, 3.63) is 23.4 Å². The Balaban J connectivity index is 2.16. The number of aliphatic carboxylic acids is 1. The quantitative estimate of drug-likeness (QED) is 0.886. The van der Waals surface area contributed by atoms with Crippen molar-refractivity contribution in [2.75, 3.05) is 0 Å². The highest BCUT2D eigenvalue weighted by atomic mass is 16.4. The van der Waals surface area contributed by atoms with Crippen LogP contribution in [-0.2, 0) is 4.79 Å². The molecule has 2 heterocycles. The lowest BCUT2D eigenvalue weighted by Crippen LogP contribution is -2.04. The van der Waals surface area contributed by atoms with Gasteiger partial charge in [0.15, 0.2) is 5.65 Å². The number of carboxylic acids is 1. The van der Waals surface area contributed by atoms with Gasteiger partial charge in [0, 0.05) is 17.7 Å². The van der Waals surface area contributed by atoms with Crippen LogP contribution in [0.1, 0.15) is 37.1 Å². The predicted molar refractivity (Wildman–Crippen MR) is 67.9 cm³/mol. The third-order valence-corrected chi connectivity index (χ3v) is 4.08. The lowest BCUT2D eigenvalue weighted by atomic mass is 10.1. The lowest BCUT2D eigenvalue weighted by molar-refractivity contribution is -0.139. The van der Waals surface area contributed by atoms with Gasteiger partial charge in [0.2, 0.25) is 0 Å². The monoisotopic (exact) mass is 260 g/mol. The number of carboxylic acid groups (broad SMARTS) is 1. The number of fused-ring (bicyclic) bond motifs is 1. The fourth-order valence-corrected chi connectivity index (χ4v) is 3.04. The Morgan fingerprint density at radius 3 is 2.63 bits per heavy atom. The largest absolute Gasteiger partial charge is 0.481 e. The number of rotatable bonds is 2. The van der Waals surface area contributed by atoms with Gasteiger partial charge in [0.1, 0.15) is 11.6 Å². The highest BCUT2D eigenvalue weighted by Crippen LogP contribution is 2.63. The molecule has 0 saturated heterocycles. The average Bonchev–Trinajstić information content (AvgIpc) is 2.65. The van der Waals surface area contributed by atoms with Gasteiger partial charge in [-0.25, -0.2) is 4.98 Å². The SMILES string of the molecule is Cc1cc2nnc(C3C(C(=O)O)C3(C)C)n2c(C)n1. The predicted octanol–water partition coefficient (Wildman–Crippen LogP) is 1.57. The summed E-state index contributed by atoms with van der Waals surface area (Å²) < 4.78 is 1.86. The summed E-state index contributed by atoms with van der Waals surface area (Å²) in [4.78, 5) is 15.7. The molecule has 6 heteroatoms. The molecule has 0 bridgehead atoms. The molecule has 100 valence electrons. The summed E-state index contributed by atoms with van der Waals surface area (Å²) in [6.45, 7) is 7.70. The van der Waals surface area contributed by atoms with Gasteiger partial charge in [-0.15, -0.1) is 10.2 Å². The normalized spacial score (nSPS) is 24.6. The zero-order chi connectivity index (χ0) is 13.9. The smallest absolute Gasteiger partial charge is 0.307 e. The maximum Gasteiger partial charge on any atom is 0.307 e. The summed E-state index contributed by atoms with van der Waals surface area (Å²) in [5, 5.41) is 17.6. The number of nitrogens with zero attached hydrogens (tertiary/aromatic N) is 4. The summed E-state index contributed by atoms with van der Waals surface area (Å²) in [6, 6.07) is 1.86. The number of aromatic nitrogens is 4. The summed E-state index contributed by atoms with van der Waals surface area (Å²) in [6.07, 6.45) is 0.